The topological polar surface area (TPSA) is 54.7 Å². The maximum absolute atomic E-state index is 7.19. The molecule has 1 aliphatic rings. The lowest BCUT2D eigenvalue weighted by Gasteiger charge is -2.39. The van der Waals surface area contributed by atoms with E-state index < -0.39 is 5.54 Å². The van der Waals surface area contributed by atoms with E-state index in [0.717, 1.165) is 24.8 Å². The highest BCUT2D eigenvalue weighted by atomic mass is 14.9. The van der Waals surface area contributed by atoms with Crippen LogP contribution in [0.4, 0.5) is 0 Å². The molecule has 2 aromatic heterocycles. The number of nitrogens with two attached hydrogens (primary N) is 1. The van der Waals surface area contributed by atoms with E-state index in [4.69, 9.17) is 5.73 Å². The number of benzene rings is 3. The van der Waals surface area contributed by atoms with Gasteiger partial charge < -0.3 is 10.7 Å². The third-order valence-electron chi connectivity index (χ3n) is 7.42. The number of aromatic amines is 1. The summed E-state index contributed by atoms with van der Waals surface area (Å²) in [6.45, 7) is 2.27. The molecular weight excluding hydrogens is 390 g/mol. The van der Waals surface area contributed by atoms with Gasteiger partial charge in [-0.1, -0.05) is 61.5 Å². The largest absolute Gasteiger partial charge is 0.357 e. The normalized spacial score (nSPS) is 19.2. The second-order valence-electron chi connectivity index (χ2n) is 9.14. The molecule has 1 unspecified atom stereocenters. The van der Waals surface area contributed by atoms with Gasteiger partial charge in [-0.15, -0.1) is 0 Å². The first kappa shape index (κ1) is 19.3. The first-order chi connectivity index (χ1) is 15.6. The third-order valence-corrected chi connectivity index (χ3v) is 7.42. The quantitative estimate of drug-likeness (QED) is 0.344. The molecule has 0 fully saturated rings. The van der Waals surface area contributed by atoms with Crippen LogP contribution in [0, 0.1) is 0 Å². The van der Waals surface area contributed by atoms with E-state index >= 15 is 0 Å². The number of pyridine rings is 1. The van der Waals surface area contributed by atoms with E-state index in [1.54, 1.807) is 0 Å². The van der Waals surface area contributed by atoms with Gasteiger partial charge in [-0.2, -0.15) is 0 Å². The number of fused-ring (bicyclic) bond motifs is 4. The van der Waals surface area contributed by atoms with Crippen molar-refractivity contribution in [3.05, 3.63) is 102 Å². The Morgan fingerprint density at radius 1 is 0.938 bits per heavy atom. The first-order valence-corrected chi connectivity index (χ1v) is 11.5. The molecule has 3 nitrogen and oxygen atoms in total. The van der Waals surface area contributed by atoms with E-state index in [9.17, 15) is 0 Å². The molecule has 5 aromatic rings. The molecule has 1 aliphatic carbocycles. The standard InChI is InChI=1S/C29H27N3/c1-19(20-8-3-2-4-9-20)29(30)16-6-11-24-25-18-21(14-15-27(25)32-28(24)29)22-10-5-13-26-23(22)12-7-17-31-26/h2-5,7-10,12-15,17-19,32H,6,11,16,30H2,1H3/t19-,29?/m1/s1. The van der Waals surface area contributed by atoms with Crippen LogP contribution in [-0.4, -0.2) is 9.97 Å². The number of aryl methyl sites for hydroxylation is 1. The highest BCUT2D eigenvalue weighted by molar-refractivity contribution is 5.98. The molecular formula is C29H27N3. The number of rotatable bonds is 3. The zero-order chi connectivity index (χ0) is 21.7. The Morgan fingerprint density at radius 2 is 1.81 bits per heavy atom. The van der Waals surface area contributed by atoms with Crippen LogP contribution in [0.3, 0.4) is 0 Å². The van der Waals surface area contributed by atoms with Crippen LogP contribution in [0.1, 0.15) is 42.5 Å². The molecule has 0 saturated carbocycles. The van der Waals surface area contributed by atoms with Crippen molar-refractivity contribution >= 4 is 21.8 Å². The summed E-state index contributed by atoms with van der Waals surface area (Å²) in [6.07, 6.45) is 5.02. The van der Waals surface area contributed by atoms with Crippen LogP contribution < -0.4 is 5.73 Å². The third kappa shape index (κ3) is 2.89. The lowest BCUT2D eigenvalue weighted by Crippen LogP contribution is -2.44. The highest BCUT2D eigenvalue weighted by Crippen LogP contribution is 2.45. The molecule has 0 aliphatic heterocycles. The molecule has 3 heteroatoms. The average Bonchev–Trinajstić information content (AvgIpc) is 3.23. The van der Waals surface area contributed by atoms with Gasteiger partial charge in [-0.05, 0) is 65.8 Å². The monoisotopic (exact) mass is 417 g/mol. The zero-order valence-corrected chi connectivity index (χ0v) is 18.3. The summed E-state index contributed by atoms with van der Waals surface area (Å²) in [4.78, 5) is 8.27. The van der Waals surface area contributed by atoms with E-state index in [1.165, 1.54) is 44.2 Å². The average molecular weight is 418 g/mol. The molecule has 0 amide bonds. The summed E-state index contributed by atoms with van der Waals surface area (Å²) in [5.41, 5.74) is 15.3. The second-order valence-corrected chi connectivity index (χ2v) is 9.14. The number of aromatic nitrogens is 2. The summed E-state index contributed by atoms with van der Waals surface area (Å²) < 4.78 is 0. The molecule has 3 aromatic carbocycles. The molecule has 0 spiro atoms. The first-order valence-electron chi connectivity index (χ1n) is 11.5. The summed E-state index contributed by atoms with van der Waals surface area (Å²) >= 11 is 0. The minimum atomic E-state index is -0.391. The maximum atomic E-state index is 7.19. The zero-order valence-electron chi connectivity index (χ0n) is 18.3. The van der Waals surface area contributed by atoms with E-state index in [2.05, 4.69) is 89.7 Å². The molecule has 6 rings (SSSR count). The van der Waals surface area contributed by atoms with Gasteiger partial charge in [-0.25, -0.2) is 0 Å². The van der Waals surface area contributed by atoms with Crippen molar-refractivity contribution < 1.29 is 0 Å². The lowest BCUT2D eigenvalue weighted by molar-refractivity contribution is 0.310. The van der Waals surface area contributed by atoms with Gasteiger partial charge in [0.1, 0.15) is 0 Å². The Hall–Kier alpha value is -3.43. The number of H-pyrrole nitrogens is 1. The molecule has 2 heterocycles. The van der Waals surface area contributed by atoms with Gasteiger partial charge in [0.2, 0.25) is 0 Å². The van der Waals surface area contributed by atoms with Gasteiger partial charge in [-0.3, -0.25) is 4.98 Å². The maximum Gasteiger partial charge on any atom is 0.0708 e. The van der Waals surface area contributed by atoms with Crippen LogP contribution in [0.15, 0.2) is 85.1 Å². The van der Waals surface area contributed by atoms with Crippen molar-refractivity contribution in [1.82, 2.24) is 9.97 Å². The smallest absolute Gasteiger partial charge is 0.0708 e. The molecule has 0 bridgehead atoms. The minimum absolute atomic E-state index is 0.236. The van der Waals surface area contributed by atoms with Crippen LogP contribution in [0.5, 0.6) is 0 Å². The fourth-order valence-electron chi connectivity index (χ4n) is 5.58. The molecule has 3 N–H and O–H groups in total. The van der Waals surface area contributed by atoms with Crippen molar-refractivity contribution in [1.29, 1.82) is 0 Å². The van der Waals surface area contributed by atoms with Crippen LogP contribution in [0.25, 0.3) is 32.9 Å². The van der Waals surface area contributed by atoms with Crippen LogP contribution in [-0.2, 0) is 12.0 Å². The SMILES string of the molecule is C[C@H](c1ccccc1)C1(N)CCCc2c1[nH]c1ccc(-c3cccc4ncccc34)cc21. The summed E-state index contributed by atoms with van der Waals surface area (Å²) in [5.74, 6) is 0.236. The van der Waals surface area contributed by atoms with Crippen LogP contribution in [0.2, 0.25) is 0 Å². The molecule has 2 atom stereocenters. The van der Waals surface area contributed by atoms with E-state index in [-0.39, 0.29) is 5.92 Å². The Bertz CT molecular complexity index is 1430. The minimum Gasteiger partial charge on any atom is -0.357 e. The van der Waals surface area contributed by atoms with Gasteiger partial charge in [0, 0.05) is 34.1 Å². The Kier molecular flexibility index (Phi) is 4.41. The van der Waals surface area contributed by atoms with Crippen LogP contribution >= 0.6 is 0 Å². The van der Waals surface area contributed by atoms with E-state index in [0.29, 0.717) is 0 Å². The Balaban J connectivity index is 1.50. The fourth-order valence-corrected chi connectivity index (χ4v) is 5.58. The van der Waals surface area contributed by atoms with Gasteiger partial charge in [0.15, 0.2) is 0 Å². The number of nitrogens with one attached hydrogen (secondary N) is 1. The van der Waals surface area contributed by atoms with Gasteiger partial charge >= 0.3 is 0 Å². The highest BCUT2D eigenvalue weighted by Gasteiger charge is 2.40. The molecule has 158 valence electrons. The summed E-state index contributed by atoms with van der Waals surface area (Å²) in [7, 11) is 0. The Labute approximate surface area is 188 Å². The molecule has 32 heavy (non-hydrogen) atoms. The lowest BCUT2D eigenvalue weighted by atomic mass is 9.71. The summed E-state index contributed by atoms with van der Waals surface area (Å²) in [6, 6.07) is 28.0. The number of nitrogens with zero attached hydrogens (tertiary/aromatic N) is 1. The van der Waals surface area contributed by atoms with Crippen molar-refractivity contribution in [3.63, 3.8) is 0 Å². The molecule has 0 radical (unpaired) electrons. The predicted molar refractivity (Wildman–Crippen MR) is 133 cm³/mol. The number of hydrogen-bond donors (Lipinski definition) is 2. The van der Waals surface area contributed by atoms with Crippen molar-refractivity contribution in [2.45, 2.75) is 37.6 Å². The predicted octanol–water partition coefficient (Wildman–Crippen LogP) is 6.68. The Morgan fingerprint density at radius 3 is 2.69 bits per heavy atom. The van der Waals surface area contributed by atoms with Gasteiger partial charge in [0.25, 0.3) is 0 Å². The second kappa shape index (κ2) is 7.32. The fraction of sp³-hybridized carbons (Fsp3) is 0.207. The molecule has 0 saturated heterocycles. The van der Waals surface area contributed by atoms with Crippen molar-refractivity contribution in [3.8, 4) is 11.1 Å². The summed E-state index contributed by atoms with van der Waals surface area (Å²) in [5, 5.41) is 2.48. The van der Waals surface area contributed by atoms with Gasteiger partial charge in [0.05, 0.1) is 11.1 Å². The van der Waals surface area contributed by atoms with Crippen molar-refractivity contribution in [2.24, 2.45) is 5.73 Å². The van der Waals surface area contributed by atoms with Crippen molar-refractivity contribution in [2.75, 3.05) is 0 Å². The number of hydrogen-bond acceptors (Lipinski definition) is 2. The van der Waals surface area contributed by atoms with E-state index in [1.807, 2.05) is 12.3 Å².